The zero-order valence-electron chi connectivity index (χ0n) is 12.1. The predicted octanol–water partition coefficient (Wildman–Crippen LogP) is 3.09. The molecule has 0 saturated carbocycles. The maximum absolute atomic E-state index is 13.7. The first-order chi connectivity index (χ1) is 11.6. The molecule has 1 aromatic carbocycles. The number of pyridine rings is 1. The van der Waals surface area contributed by atoms with Gasteiger partial charge in [0.1, 0.15) is 17.3 Å². The Morgan fingerprint density at radius 1 is 1.08 bits per heavy atom. The number of nitrogens with one attached hydrogen (secondary N) is 1. The molecule has 0 fully saturated rings. The third-order valence-electron chi connectivity index (χ3n) is 3.14. The standard InChI is InChI=1S/C15H9F5N2O3/c16-8-2-1-3-9(17)11(8)12(15(18,19)20)22-13(23)7-4-5-10(14(24)25)21-6-7/h1-6,12H,(H,22,23)(H,24,25). The molecule has 0 spiro atoms. The fourth-order valence-corrected chi connectivity index (χ4v) is 1.97. The zero-order chi connectivity index (χ0) is 18.8. The number of benzene rings is 1. The molecule has 25 heavy (non-hydrogen) atoms. The number of aromatic nitrogens is 1. The average molecular weight is 360 g/mol. The number of carbonyl (C=O) groups is 2. The summed E-state index contributed by atoms with van der Waals surface area (Å²) in [6, 6.07) is 1.05. The van der Waals surface area contributed by atoms with Crippen molar-refractivity contribution in [3.05, 3.63) is 65.0 Å². The van der Waals surface area contributed by atoms with Crippen molar-refractivity contribution in [2.24, 2.45) is 0 Å². The Balaban J connectivity index is 2.35. The molecule has 132 valence electrons. The molecule has 0 aliphatic carbocycles. The van der Waals surface area contributed by atoms with Gasteiger partial charge in [-0.15, -0.1) is 0 Å². The van der Waals surface area contributed by atoms with Gasteiger partial charge in [0.2, 0.25) is 0 Å². The molecule has 1 atom stereocenters. The number of carboxylic acids is 1. The minimum atomic E-state index is -5.17. The van der Waals surface area contributed by atoms with E-state index >= 15 is 0 Å². The number of nitrogens with zero attached hydrogens (tertiary/aromatic N) is 1. The number of carboxylic acid groups (broad SMARTS) is 1. The Hall–Kier alpha value is -3.04. The van der Waals surface area contributed by atoms with E-state index in [4.69, 9.17) is 5.11 Å². The molecule has 1 heterocycles. The average Bonchev–Trinajstić information content (AvgIpc) is 2.52. The van der Waals surface area contributed by atoms with Crippen LogP contribution in [0.3, 0.4) is 0 Å². The number of alkyl halides is 3. The van der Waals surface area contributed by atoms with Gasteiger partial charge >= 0.3 is 12.1 Å². The fraction of sp³-hybridized carbons (Fsp3) is 0.133. The molecule has 1 aromatic heterocycles. The highest BCUT2D eigenvalue weighted by molar-refractivity contribution is 5.95. The molecule has 0 radical (unpaired) electrons. The summed E-state index contributed by atoms with van der Waals surface area (Å²) >= 11 is 0. The summed E-state index contributed by atoms with van der Waals surface area (Å²) < 4.78 is 66.8. The second kappa shape index (κ2) is 6.83. The van der Waals surface area contributed by atoms with Gasteiger partial charge in [0.15, 0.2) is 6.04 Å². The van der Waals surface area contributed by atoms with Crippen LogP contribution in [0.25, 0.3) is 0 Å². The largest absolute Gasteiger partial charge is 0.477 e. The van der Waals surface area contributed by atoms with Crippen molar-refractivity contribution in [2.45, 2.75) is 12.2 Å². The van der Waals surface area contributed by atoms with Crippen LogP contribution in [0.15, 0.2) is 36.5 Å². The van der Waals surface area contributed by atoms with Gasteiger partial charge in [-0.3, -0.25) is 4.79 Å². The monoisotopic (exact) mass is 360 g/mol. The lowest BCUT2D eigenvalue weighted by Crippen LogP contribution is -2.39. The molecule has 10 heteroatoms. The van der Waals surface area contributed by atoms with Gasteiger partial charge in [-0.2, -0.15) is 13.2 Å². The van der Waals surface area contributed by atoms with Crippen molar-refractivity contribution in [2.75, 3.05) is 0 Å². The fourth-order valence-electron chi connectivity index (χ4n) is 1.97. The molecule has 5 nitrogen and oxygen atoms in total. The number of hydrogen-bond donors (Lipinski definition) is 2. The third-order valence-corrected chi connectivity index (χ3v) is 3.14. The Kier molecular flexibility index (Phi) is 5.00. The van der Waals surface area contributed by atoms with Gasteiger partial charge in [0.25, 0.3) is 5.91 Å². The summed E-state index contributed by atoms with van der Waals surface area (Å²) in [4.78, 5) is 26.0. The van der Waals surface area contributed by atoms with Gasteiger partial charge in [-0.05, 0) is 24.3 Å². The van der Waals surface area contributed by atoms with Gasteiger partial charge in [-0.25, -0.2) is 18.6 Å². The van der Waals surface area contributed by atoms with Gasteiger partial charge in [-0.1, -0.05) is 6.07 Å². The van der Waals surface area contributed by atoms with Crippen LogP contribution in [0.4, 0.5) is 22.0 Å². The van der Waals surface area contributed by atoms with Crippen molar-refractivity contribution in [3.8, 4) is 0 Å². The number of aromatic carboxylic acids is 1. The summed E-state index contributed by atoms with van der Waals surface area (Å²) in [5.74, 6) is -5.66. The smallest absolute Gasteiger partial charge is 0.413 e. The summed E-state index contributed by atoms with van der Waals surface area (Å²) in [6.07, 6.45) is -4.43. The summed E-state index contributed by atoms with van der Waals surface area (Å²) in [7, 11) is 0. The van der Waals surface area contributed by atoms with Crippen LogP contribution in [0.2, 0.25) is 0 Å². The molecular weight excluding hydrogens is 351 g/mol. The van der Waals surface area contributed by atoms with E-state index in [0.717, 1.165) is 24.4 Å². The molecule has 0 aliphatic rings. The molecule has 0 bridgehead atoms. The SMILES string of the molecule is O=C(NC(c1c(F)cccc1F)C(F)(F)F)c1ccc(C(=O)O)nc1. The van der Waals surface area contributed by atoms with Crippen molar-refractivity contribution < 1.29 is 36.6 Å². The molecule has 0 saturated heterocycles. The van der Waals surface area contributed by atoms with Crippen LogP contribution in [-0.2, 0) is 0 Å². The maximum atomic E-state index is 13.7. The lowest BCUT2D eigenvalue weighted by atomic mass is 10.0. The van der Waals surface area contributed by atoms with E-state index < -0.39 is 52.5 Å². The highest BCUT2D eigenvalue weighted by Gasteiger charge is 2.44. The Bertz CT molecular complexity index is 786. The maximum Gasteiger partial charge on any atom is 0.413 e. The Labute approximate surface area is 137 Å². The van der Waals surface area contributed by atoms with Crippen molar-refractivity contribution in [1.29, 1.82) is 0 Å². The number of rotatable bonds is 4. The first-order valence-corrected chi connectivity index (χ1v) is 6.62. The lowest BCUT2D eigenvalue weighted by Gasteiger charge is -2.23. The summed E-state index contributed by atoms with van der Waals surface area (Å²) in [6.45, 7) is 0. The summed E-state index contributed by atoms with van der Waals surface area (Å²) in [5.41, 5.74) is -2.18. The molecule has 2 aromatic rings. The highest BCUT2D eigenvalue weighted by Crippen LogP contribution is 2.35. The first kappa shape index (κ1) is 18.3. The normalized spacial score (nSPS) is 12.5. The molecule has 2 N–H and O–H groups in total. The second-order valence-electron chi connectivity index (χ2n) is 4.82. The quantitative estimate of drug-likeness (QED) is 0.822. The van der Waals surface area contributed by atoms with E-state index in [1.165, 1.54) is 5.32 Å². The number of halogens is 5. The van der Waals surface area contributed by atoms with Gasteiger partial charge < -0.3 is 10.4 Å². The molecule has 1 amide bonds. The van der Waals surface area contributed by atoms with Crippen LogP contribution in [0.5, 0.6) is 0 Å². The van der Waals surface area contributed by atoms with Crippen LogP contribution < -0.4 is 5.32 Å². The minimum Gasteiger partial charge on any atom is -0.477 e. The minimum absolute atomic E-state index is 0.406. The van der Waals surface area contributed by atoms with E-state index in [2.05, 4.69) is 4.98 Å². The van der Waals surface area contributed by atoms with E-state index in [9.17, 15) is 31.5 Å². The van der Waals surface area contributed by atoms with Crippen LogP contribution in [0.1, 0.15) is 32.5 Å². The number of hydrogen-bond acceptors (Lipinski definition) is 3. The lowest BCUT2D eigenvalue weighted by molar-refractivity contribution is -0.156. The Morgan fingerprint density at radius 2 is 1.68 bits per heavy atom. The van der Waals surface area contributed by atoms with E-state index in [1.807, 2.05) is 0 Å². The molecule has 2 rings (SSSR count). The van der Waals surface area contributed by atoms with E-state index in [-0.39, 0.29) is 0 Å². The van der Waals surface area contributed by atoms with Crippen molar-refractivity contribution in [1.82, 2.24) is 10.3 Å². The van der Waals surface area contributed by atoms with E-state index in [1.54, 1.807) is 0 Å². The van der Waals surface area contributed by atoms with Crippen LogP contribution in [-0.4, -0.2) is 28.1 Å². The van der Waals surface area contributed by atoms with Crippen molar-refractivity contribution in [3.63, 3.8) is 0 Å². The second-order valence-corrected chi connectivity index (χ2v) is 4.82. The molecule has 1 unspecified atom stereocenters. The predicted molar refractivity (Wildman–Crippen MR) is 73.8 cm³/mol. The van der Waals surface area contributed by atoms with Crippen molar-refractivity contribution >= 4 is 11.9 Å². The van der Waals surface area contributed by atoms with Crippen LogP contribution >= 0.6 is 0 Å². The zero-order valence-corrected chi connectivity index (χ0v) is 12.1. The summed E-state index contributed by atoms with van der Waals surface area (Å²) in [5, 5.41) is 10.2. The third kappa shape index (κ3) is 4.08. The van der Waals surface area contributed by atoms with Crippen LogP contribution in [0, 0.1) is 11.6 Å². The molecule has 0 aliphatic heterocycles. The first-order valence-electron chi connectivity index (χ1n) is 6.62. The molecular formula is C15H9F5N2O3. The Morgan fingerprint density at radius 3 is 2.12 bits per heavy atom. The number of amides is 1. The number of carbonyl (C=O) groups excluding carboxylic acids is 1. The highest BCUT2D eigenvalue weighted by atomic mass is 19.4. The van der Waals surface area contributed by atoms with Gasteiger partial charge in [0.05, 0.1) is 11.1 Å². The van der Waals surface area contributed by atoms with E-state index in [0.29, 0.717) is 12.1 Å². The van der Waals surface area contributed by atoms with Gasteiger partial charge in [0, 0.05) is 6.20 Å². The topological polar surface area (TPSA) is 79.3 Å².